The molecule has 2 aromatic rings. The van der Waals surface area contributed by atoms with Crippen LogP contribution in [0.2, 0.25) is 10.4 Å². The largest absolute Gasteiger partial charge is 0.444 e. The van der Waals surface area contributed by atoms with Crippen molar-refractivity contribution in [3.8, 4) is 11.3 Å². The molecule has 8 nitrogen and oxygen atoms in total. The van der Waals surface area contributed by atoms with Crippen LogP contribution in [0.3, 0.4) is 0 Å². The molecule has 0 N–H and O–H groups in total. The molecular weight excluding hydrogens is 479 g/mol. The molecule has 34 heavy (non-hydrogen) atoms. The molecule has 0 spiro atoms. The van der Waals surface area contributed by atoms with Crippen molar-refractivity contribution in [1.82, 2.24) is 19.8 Å². The summed E-state index contributed by atoms with van der Waals surface area (Å²) in [6.45, 7) is 11.6. The number of hydrogen-bond acceptors (Lipinski definition) is 6. The van der Waals surface area contributed by atoms with Gasteiger partial charge in [-0.2, -0.15) is 0 Å². The van der Waals surface area contributed by atoms with Crippen LogP contribution >= 0.6 is 23.2 Å². The van der Waals surface area contributed by atoms with Gasteiger partial charge in [-0.3, -0.25) is 0 Å². The summed E-state index contributed by atoms with van der Waals surface area (Å²) < 4.78 is 11.0. The van der Waals surface area contributed by atoms with Crippen molar-refractivity contribution < 1.29 is 19.1 Å². The molecule has 1 aromatic heterocycles. The van der Waals surface area contributed by atoms with Crippen molar-refractivity contribution in [3.05, 3.63) is 46.3 Å². The number of nitrogens with zero attached hydrogens (tertiary/aromatic N) is 4. The molecule has 10 heteroatoms. The molecule has 0 saturated carbocycles. The highest BCUT2D eigenvalue weighted by molar-refractivity contribution is 6.32. The molecule has 186 valence electrons. The average molecular weight is 511 g/mol. The molecule has 0 unspecified atom stereocenters. The molecule has 0 aliphatic rings. The van der Waals surface area contributed by atoms with E-state index in [-0.39, 0.29) is 30.1 Å². The monoisotopic (exact) mass is 510 g/mol. The summed E-state index contributed by atoms with van der Waals surface area (Å²) >= 11 is 12.0. The Morgan fingerprint density at radius 1 is 0.912 bits per heavy atom. The van der Waals surface area contributed by atoms with Gasteiger partial charge in [-0.25, -0.2) is 19.6 Å². The number of halogens is 2. The number of carbonyl (C=O) groups is 2. The molecule has 0 fully saturated rings. The van der Waals surface area contributed by atoms with E-state index in [4.69, 9.17) is 32.7 Å². The minimum atomic E-state index is -0.664. The summed E-state index contributed by atoms with van der Waals surface area (Å²) in [5.74, 6) is 0. The third kappa shape index (κ3) is 9.35. The molecule has 0 atom stereocenters. The fourth-order valence-corrected chi connectivity index (χ4v) is 3.26. The topological polar surface area (TPSA) is 84.9 Å². The zero-order chi connectivity index (χ0) is 25.7. The number of ether oxygens (including phenoxy) is 2. The lowest BCUT2D eigenvalue weighted by atomic mass is 10.1. The van der Waals surface area contributed by atoms with Gasteiger partial charge in [0.1, 0.15) is 16.4 Å². The third-order valence-electron chi connectivity index (χ3n) is 4.33. The van der Waals surface area contributed by atoms with E-state index in [1.807, 2.05) is 24.3 Å². The smallest absolute Gasteiger partial charge is 0.410 e. The standard InChI is InChI=1S/C24H32Cl2N4O4/c1-23(2,3)33-21(31)29(7)11-12-30(22(32)34-24(4,5)6)15-16-9-8-10-17(13-16)18-14-19(25)28-20(26)27-18/h8-10,13-14H,11-12,15H2,1-7H3. The fraction of sp³-hybridized carbons (Fsp3) is 0.500. The SMILES string of the molecule is CN(CCN(Cc1cccc(-c2cc(Cl)nc(Cl)n2)c1)C(=O)OC(C)(C)C)C(=O)OC(C)(C)C. The van der Waals surface area contributed by atoms with Crippen molar-refractivity contribution in [2.24, 2.45) is 0 Å². The van der Waals surface area contributed by atoms with E-state index in [9.17, 15) is 9.59 Å². The summed E-state index contributed by atoms with van der Waals surface area (Å²) in [5.41, 5.74) is 0.916. The summed E-state index contributed by atoms with van der Waals surface area (Å²) in [6.07, 6.45) is -0.945. The Kier molecular flexibility index (Phi) is 9.14. The van der Waals surface area contributed by atoms with Crippen molar-refractivity contribution in [2.75, 3.05) is 20.1 Å². The minimum absolute atomic E-state index is 0.0495. The Bertz CT molecular complexity index is 999. The maximum atomic E-state index is 12.9. The van der Waals surface area contributed by atoms with Gasteiger partial charge in [0.15, 0.2) is 0 Å². The number of aromatic nitrogens is 2. The average Bonchev–Trinajstić information content (AvgIpc) is 2.67. The third-order valence-corrected chi connectivity index (χ3v) is 4.69. The number of amides is 2. The molecule has 2 rings (SSSR count). The first-order valence-corrected chi connectivity index (χ1v) is 11.6. The fourth-order valence-electron chi connectivity index (χ4n) is 2.85. The van der Waals surface area contributed by atoms with Gasteiger partial charge in [-0.1, -0.05) is 29.8 Å². The molecular formula is C24H32Cl2N4O4. The van der Waals surface area contributed by atoms with Gasteiger partial charge in [0.05, 0.1) is 5.69 Å². The normalized spacial score (nSPS) is 11.7. The summed E-state index contributed by atoms with van der Waals surface area (Å²) in [7, 11) is 1.63. The van der Waals surface area contributed by atoms with Gasteiger partial charge >= 0.3 is 12.2 Å². The van der Waals surface area contributed by atoms with Crippen molar-refractivity contribution in [1.29, 1.82) is 0 Å². The first-order valence-electron chi connectivity index (χ1n) is 10.8. The zero-order valence-corrected chi connectivity index (χ0v) is 22.2. The first-order chi connectivity index (χ1) is 15.6. The Morgan fingerprint density at radius 3 is 2.12 bits per heavy atom. The first kappa shape index (κ1) is 27.7. The summed E-state index contributed by atoms with van der Waals surface area (Å²) in [5, 5.41) is 0.287. The van der Waals surface area contributed by atoms with E-state index in [1.165, 1.54) is 4.90 Å². The predicted molar refractivity (Wildman–Crippen MR) is 133 cm³/mol. The number of carbonyl (C=O) groups excluding carboxylic acids is 2. The van der Waals surface area contributed by atoms with Crippen molar-refractivity contribution in [2.45, 2.75) is 59.3 Å². The lowest BCUT2D eigenvalue weighted by Gasteiger charge is -2.30. The second-order valence-corrected chi connectivity index (χ2v) is 10.6. The molecule has 0 aliphatic carbocycles. The van der Waals surface area contributed by atoms with E-state index in [2.05, 4.69) is 9.97 Å². The van der Waals surface area contributed by atoms with Crippen LogP contribution in [0.25, 0.3) is 11.3 Å². The zero-order valence-electron chi connectivity index (χ0n) is 20.7. The Hall–Kier alpha value is -2.58. The number of benzene rings is 1. The van der Waals surface area contributed by atoms with Gasteiger partial charge in [-0.05, 0) is 64.8 Å². The van der Waals surface area contributed by atoms with Crippen LogP contribution in [0.15, 0.2) is 30.3 Å². The second kappa shape index (κ2) is 11.2. The molecule has 1 aromatic carbocycles. The van der Waals surface area contributed by atoms with Crippen LogP contribution in [0, 0.1) is 0 Å². The van der Waals surface area contributed by atoms with Gasteiger partial charge < -0.3 is 19.3 Å². The number of hydrogen-bond donors (Lipinski definition) is 0. The lowest BCUT2D eigenvalue weighted by Crippen LogP contribution is -2.42. The van der Waals surface area contributed by atoms with Gasteiger partial charge in [0.25, 0.3) is 0 Å². The Morgan fingerprint density at radius 2 is 1.53 bits per heavy atom. The highest BCUT2D eigenvalue weighted by Gasteiger charge is 2.25. The van der Waals surface area contributed by atoms with Crippen LogP contribution in [-0.2, 0) is 16.0 Å². The minimum Gasteiger partial charge on any atom is -0.444 e. The lowest BCUT2D eigenvalue weighted by molar-refractivity contribution is 0.0152. The van der Waals surface area contributed by atoms with Crippen LogP contribution < -0.4 is 0 Å². The van der Waals surface area contributed by atoms with Crippen molar-refractivity contribution >= 4 is 35.4 Å². The highest BCUT2D eigenvalue weighted by Crippen LogP contribution is 2.23. The highest BCUT2D eigenvalue weighted by atomic mass is 35.5. The van der Waals surface area contributed by atoms with Crippen LogP contribution in [0.5, 0.6) is 0 Å². The van der Waals surface area contributed by atoms with Gasteiger partial charge in [0, 0.05) is 38.3 Å². The Labute approximate surface area is 211 Å². The van der Waals surface area contributed by atoms with Crippen molar-refractivity contribution in [3.63, 3.8) is 0 Å². The van der Waals surface area contributed by atoms with E-state index in [1.54, 1.807) is 59.6 Å². The van der Waals surface area contributed by atoms with Crippen LogP contribution in [0.4, 0.5) is 9.59 Å². The summed E-state index contributed by atoms with van der Waals surface area (Å²) in [4.78, 5) is 36.3. The number of rotatable bonds is 6. The predicted octanol–water partition coefficient (Wildman–Crippen LogP) is 6.05. The maximum Gasteiger partial charge on any atom is 0.410 e. The summed E-state index contributed by atoms with van der Waals surface area (Å²) in [6, 6.07) is 9.13. The van der Waals surface area contributed by atoms with E-state index in [0.29, 0.717) is 5.69 Å². The molecule has 2 amide bonds. The second-order valence-electron chi connectivity index (χ2n) is 9.85. The maximum absolute atomic E-state index is 12.9. The molecule has 1 heterocycles. The molecule has 0 bridgehead atoms. The number of likely N-dealkylation sites (N-methyl/N-ethyl adjacent to an activating group) is 1. The van der Waals surface area contributed by atoms with E-state index < -0.39 is 23.4 Å². The quantitative estimate of drug-likeness (QED) is 0.347. The van der Waals surface area contributed by atoms with E-state index >= 15 is 0 Å². The molecule has 0 radical (unpaired) electrons. The van der Waals surface area contributed by atoms with Gasteiger partial charge in [-0.15, -0.1) is 0 Å². The molecule has 0 aliphatic heterocycles. The molecule has 0 saturated heterocycles. The van der Waals surface area contributed by atoms with Crippen LogP contribution in [0.1, 0.15) is 47.1 Å². The van der Waals surface area contributed by atoms with Gasteiger partial charge in [0.2, 0.25) is 5.28 Å². The van der Waals surface area contributed by atoms with E-state index in [0.717, 1.165) is 11.1 Å². The Balaban J connectivity index is 2.21. The van der Waals surface area contributed by atoms with Crippen LogP contribution in [-0.4, -0.2) is 63.3 Å².